The molecule has 0 aliphatic carbocycles. The Morgan fingerprint density at radius 2 is 1.91 bits per heavy atom. The molecule has 0 saturated carbocycles. The van der Waals surface area contributed by atoms with E-state index in [2.05, 4.69) is 28.9 Å². The number of hydrogen-bond donors (Lipinski definition) is 2. The molecule has 3 aromatic rings. The van der Waals surface area contributed by atoms with Crippen LogP contribution in [0.25, 0.3) is 10.9 Å². The first-order chi connectivity index (χ1) is 15.1. The maximum atomic E-state index is 10.8. The zero-order chi connectivity index (χ0) is 21.4. The summed E-state index contributed by atoms with van der Waals surface area (Å²) in [5.41, 5.74) is 3.81. The molecule has 2 aromatic carbocycles. The Balaban J connectivity index is 0.00000245. The number of nitrogens with one attached hydrogen (secondary N) is 1. The predicted molar refractivity (Wildman–Crippen MR) is 128 cm³/mol. The number of fused-ring (bicyclic) bond motifs is 2. The van der Waals surface area contributed by atoms with Crippen molar-refractivity contribution in [2.45, 2.75) is 37.9 Å². The Morgan fingerprint density at radius 1 is 1.16 bits per heavy atom. The molecule has 3 heterocycles. The Labute approximate surface area is 194 Å². The number of piperidine rings is 1. The van der Waals surface area contributed by atoms with Gasteiger partial charge in [0.1, 0.15) is 18.5 Å². The van der Waals surface area contributed by atoms with E-state index in [0.717, 1.165) is 42.9 Å². The van der Waals surface area contributed by atoms with Gasteiger partial charge < -0.3 is 29.2 Å². The molecule has 1 aromatic heterocycles. The van der Waals surface area contributed by atoms with Gasteiger partial charge in [0, 0.05) is 29.2 Å². The van der Waals surface area contributed by atoms with Crippen LogP contribution in [-0.4, -0.2) is 60.5 Å². The molecular weight excluding hydrogens is 428 g/mol. The van der Waals surface area contributed by atoms with Crippen molar-refractivity contribution in [2.75, 3.05) is 33.4 Å². The normalized spacial score (nSPS) is 20.0. The minimum atomic E-state index is -0.577. The third-order valence-corrected chi connectivity index (χ3v) is 6.64. The first-order valence-corrected chi connectivity index (χ1v) is 11.1. The molecule has 32 heavy (non-hydrogen) atoms. The van der Waals surface area contributed by atoms with Crippen molar-refractivity contribution < 1.29 is 19.3 Å². The number of aryl methyl sites for hydroxylation is 1. The molecule has 2 N–H and O–H groups in total. The number of likely N-dealkylation sites (tertiary alicyclic amines) is 1. The third kappa shape index (κ3) is 4.40. The first kappa shape index (κ1) is 22.8. The number of aromatic amines is 1. The van der Waals surface area contributed by atoms with Gasteiger partial charge in [0.15, 0.2) is 17.6 Å². The summed E-state index contributed by atoms with van der Waals surface area (Å²) in [6.45, 7) is 5.08. The van der Waals surface area contributed by atoms with Crippen molar-refractivity contribution in [3.8, 4) is 17.2 Å². The van der Waals surface area contributed by atoms with Crippen LogP contribution < -0.4 is 14.2 Å². The average Bonchev–Trinajstić information content (AvgIpc) is 3.14. The van der Waals surface area contributed by atoms with Crippen molar-refractivity contribution in [1.82, 2.24) is 9.88 Å². The van der Waals surface area contributed by atoms with E-state index in [9.17, 15) is 5.11 Å². The van der Waals surface area contributed by atoms with Crippen molar-refractivity contribution >= 4 is 23.3 Å². The van der Waals surface area contributed by atoms with E-state index in [1.165, 1.54) is 16.6 Å². The first-order valence-electron chi connectivity index (χ1n) is 11.1. The molecular formula is C25H31ClN2O4. The lowest BCUT2D eigenvalue weighted by molar-refractivity contribution is -0.0280. The van der Waals surface area contributed by atoms with Crippen LogP contribution in [0.3, 0.4) is 0 Å². The van der Waals surface area contributed by atoms with E-state index in [0.29, 0.717) is 24.8 Å². The van der Waals surface area contributed by atoms with Gasteiger partial charge in [-0.3, -0.25) is 0 Å². The fourth-order valence-electron chi connectivity index (χ4n) is 5.00. The lowest BCUT2D eigenvalue weighted by Crippen LogP contribution is -2.47. The zero-order valence-electron chi connectivity index (χ0n) is 18.5. The summed E-state index contributed by atoms with van der Waals surface area (Å²) in [7, 11) is 1.70. The molecule has 1 fully saturated rings. The molecule has 0 radical (unpaired) electrons. The van der Waals surface area contributed by atoms with E-state index >= 15 is 0 Å². The van der Waals surface area contributed by atoms with Crippen LogP contribution in [0.2, 0.25) is 0 Å². The number of aliphatic hydroxyl groups excluding tert-OH is 1. The van der Waals surface area contributed by atoms with Crippen LogP contribution in [0.5, 0.6) is 17.2 Å². The van der Waals surface area contributed by atoms with Crippen molar-refractivity contribution in [3.05, 3.63) is 53.7 Å². The number of ether oxygens (including phenoxy) is 3. The molecule has 5 rings (SSSR count). The van der Waals surface area contributed by atoms with Gasteiger partial charge in [-0.2, -0.15) is 0 Å². The summed E-state index contributed by atoms with van der Waals surface area (Å²) in [5.74, 6) is 2.86. The van der Waals surface area contributed by atoms with Crippen LogP contribution in [0.1, 0.15) is 30.0 Å². The molecule has 0 amide bonds. The summed E-state index contributed by atoms with van der Waals surface area (Å²) in [6.07, 6.45) is 1.25. The number of para-hydroxylation sites is 2. The molecule has 1 saturated heterocycles. The fraction of sp³-hybridized carbons (Fsp3) is 0.440. The topological polar surface area (TPSA) is 67.0 Å². The monoisotopic (exact) mass is 458 g/mol. The van der Waals surface area contributed by atoms with Crippen LogP contribution >= 0.6 is 12.4 Å². The maximum absolute atomic E-state index is 10.8. The van der Waals surface area contributed by atoms with Gasteiger partial charge >= 0.3 is 0 Å². The molecule has 6 nitrogen and oxygen atoms in total. The quantitative estimate of drug-likeness (QED) is 0.597. The van der Waals surface area contributed by atoms with Crippen molar-refractivity contribution in [1.29, 1.82) is 0 Å². The summed E-state index contributed by atoms with van der Waals surface area (Å²) in [6, 6.07) is 13.9. The van der Waals surface area contributed by atoms with Gasteiger partial charge in [0.25, 0.3) is 0 Å². The number of aliphatic hydroxyl groups is 1. The number of aromatic nitrogens is 1. The minimum absolute atomic E-state index is 0. The Bertz CT molecular complexity index is 1060. The standard InChI is InChI=1S/C25H30N2O4.ClH/c1-16-25(19-8-7-18(29-2)13-20(19)26-16)17-9-11-27(12-10-17)14-21(28)24-15-30-22-5-3-4-6-23(22)31-24;/h3-8,13,17,21,24,26,28H,9-12,14-15H2,1-2H3;1H. The smallest absolute Gasteiger partial charge is 0.161 e. The molecule has 2 atom stereocenters. The van der Waals surface area contributed by atoms with E-state index in [4.69, 9.17) is 14.2 Å². The summed E-state index contributed by atoms with van der Waals surface area (Å²) in [5, 5.41) is 12.1. The van der Waals surface area contributed by atoms with Crippen molar-refractivity contribution in [2.24, 2.45) is 0 Å². The number of hydrogen-bond acceptors (Lipinski definition) is 5. The van der Waals surface area contributed by atoms with Crippen molar-refractivity contribution in [3.63, 3.8) is 0 Å². The van der Waals surface area contributed by atoms with E-state index in [-0.39, 0.29) is 18.5 Å². The van der Waals surface area contributed by atoms with Gasteiger partial charge in [-0.25, -0.2) is 0 Å². The van der Waals surface area contributed by atoms with Gasteiger partial charge in [-0.15, -0.1) is 12.4 Å². The SMILES string of the molecule is COc1ccc2c(C3CCN(CC(O)C4COc5ccccc5O4)CC3)c(C)[nH]c2c1.Cl. The summed E-state index contributed by atoms with van der Waals surface area (Å²) in [4.78, 5) is 5.88. The number of rotatable bonds is 5. The Hall–Kier alpha value is -2.41. The largest absolute Gasteiger partial charge is 0.497 e. The average molecular weight is 459 g/mol. The van der Waals surface area contributed by atoms with Crippen LogP contribution in [0, 0.1) is 6.92 Å². The highest BCUT2D eigenvalue weighted by Crippen LogP contribution is 2.37. The van der Waals surface area contributed by atoms with E-state index in [1.807, 2.05) is 30.3 Å². The third-order valence-electron chi connectivity index (χ3n) is 6.64. The second kappa shape index (κ2) is 9.61. The fourth-order valence-corrected chi connectivity index (χ4v) is 5.00. The predicted octanol–water partition coefficient (Wildman–Crippen LogP) is 4.29. The Kier molecular flexibility index (Phi) is 6.84. The molecule has 172 valence electrons. The lowest BCUT2D eigenvalue weighted by atomic mass is 9.87. The van der Waals surface area contributed by atoms with Crippen LogP contribution in [0.15, 0.2) is 42.5 Å². The highest BCUT2D eigenvalue weighted by Gasteiger charge is 2.31. The number of H-pyrrole nitrogens is 1. The molecule has 0 bridgehead atoms. The second-order valence-electron chi connectivity index (χ2n) is 8.63. The van der Waals surface area contributed by atoms with Gasteiger partial charge in [0.05, 0.1) is 7.11 Å². The number of nitrogens with zero attached hydrogens (tertiary/aromatic N) is 1. The number of β-amino-alcohol motifs (C(OH)–C–C–N with tert-alkyl or cyclic N) is 1. The maximum Gasteiger partial charge on any atom is 0.161 e. The van der Waals surface area contributed by atoms with Gasteiger partial charge in [-0.1, -0.05) is 12.1 Å². The molecule has 2 aliphatic heterocycles. The summed E-state index contributed by atoms with van der Waals surface area (Å²) < 4.78 is 17.1. The highest BCUT2D eigenvalue weighted by molar-refractivity contribution is 5.86. The molecule has 0 spiro atoms. The van der Waals surface area contributed by atoms with Gasteiger partial charge in [0.2, 0.25) is 0 Å². The number of halogens is 1. The van der Waals surface area contributed by atoms with E-state index in [1.54, 1.807) is 7.11 Å². The second-order valence-corrected chi connectivity index (χ2v) is 8.63. The molecule has 2 unspecified atom stereocenters. The van der Waals surface area contributed by atoms with Crippen LogP contribution in [0.4, 0.5) is 0 Å². The van der Waals surface area contributed by atoms with Crippen LogP contribution in [-0.2, 0) is 0 Å². The highest BCUT2D eigenvalue weighted by atomic mass is 35.5. The Morgan fingerprint density at radius 3 is 2.66 bits per heavy atom. The minimum Gasteiger partial charge on any atom is -0.497 e. The van der Waals surface area contributed by atoms with E-state index < -0.39 is 6.10 Å². The zero-order valence-corrected chi connectivity index (χ0v) is 19.4. The number of methoxy groups -OCH3 is 1. The van der Waals surface area contributed by atoms with Gasteiger partial charge in [-0.05, 0) is 68.6 Å². The number of benzene rings is 2. The lowest BCUT2D eigenvalue weighted by Gasteiger charge is -2.36. The molecule has 2 aliphatic rings. The molecule has 7 heteroatoms. The summed E-state index contributed by atoms with van der Waals surface area (Å²) >= 11 is 0.